The Kier molecular flexibility index (Phi) is 3.07. The van der Waals surface area contributed by atoms with E-state index in [1.807, 2.05) is 0 Å². The third-order valence-electron chi connectivity index (χ3n) is 0.190. The molecule has 0 fully saturated rings. The number of hydrogen-bond acceptors (Lipinski definition) is 0. The molecule has 6 heavy (non-hydrogen) atoms. The maximum Gasteiger partial charge on any atom is 0.443 e. The third-order valence-corrected chi connectivity index (χ3v) is 1.71. The van der Waals surface area contributed by atoms with Gasteiger partial charge in [-0.05, 0) is 0 Å². The Hall–Kier alpha value is 0.657. The van der Waals surface area contributed by atoms with Crippen molar-refractivity contribution in [1.82, 2.24) is 0 Å². The van der Waals surface area contributed by atoms with E-state index in [-0.39, 0.29) is 0 Å². The first-order valence-electron chi connectivity index (χ1n) is 1.21. The lowest BCUT2D eigenvalue weighted by Gasteiger charge is -1.88. The molecule has 0 aliphatic heterocycles. The summed E-state index contributed by atoms with van der Waals surface area (Å²) in [6.07, 6.45) is 0. The van der Waals surface area contributed by atoms with Crippen molar-refractivity contribution in [2.24, 2.45) is 0 Å². The average Bonchev–Trinajstić information content (AvgIpc) is 1.36. The Morgan fingerprint density at radius 2 is 1.50 bits per heavy atom. The molecule has 0 heterocycles. The molecule has 0 aliphatic carbocycles. The summed E-state index contributed by atoms with van der Waals surface area (Å²) in [5, 5.41) is 0. The number of halogens is 4. The van der Waals surface area contributed by atoms with Gasteiger partial charge in [0.2, 0.25) is 0 Å². The minimum Gasteiger partial charge on any atom is -0.272 e. The molecule has 0 amide bonds. The van der Waals surface area contributed by atoms with Crippen LogP contribution in [-0.2, 0) is 0 Å². The zero-order valence-electron chi connectivity index (χ0n) is 2.67. The van der Waals surface area contributed by atoms with Gasteiger partial charge in [0.05, 0.1) is 0 Å². The number of hydrogen-bond donors (Lipinski definition) is 0. The minimum absolute atomic E-state index is 1.40. The Morgan fingerprint density at radius 3 is 1.50 bits per heavy atom. The van der Waals surface area contributed by atoms with E-state index in [1.54, 1.807) is 0 Å². The highest BCUT2D eigenvalue weighted by Gasteiger charge is 2.16. The van der Waals surface area contributed by atoms with Gasteiger partial charge in [-0.25, -0.2) is 0 Å². The lowest BCUT2D eigenvalue weighted by molar-refractivity contribution is 0.664. The quantitative estimate of drug-likeness (QED) is 0.302. The van der Waals surface area contributed by atoms with Gasteiger partial charge in [0.15, 0.2) is 4.46 Å². The van der Waals surface area contributed by atoms with Crippen LogP contribution in [0.4, 0.5) is 8.22 Å². The Balaban J connectivity index is 2.99. The van der Waals surface area contributed by atoms with Crippen molar-refractivity contribution in [1.29, 1.82) is 0 Å². The van der Waals surface area contributed by atoms with Crippen LogP contribution in [0.1, 0.15) is 0 Å². The van der Waals surface area contributed by atoms with Crippen molar-refractivity contribution >= 4 is 32.7 Å². The van der Waals surface area contributed by atoms with Gasteiger partial charge in [-0.3, -0.25) is 8.22 Å². The summed E-state index contributed by atoms with van der Waals surface area (Å²) in [4.78, 5) is 0. The summed E-state index contributed by atoms with van der Waals surface area (Å²) in [5.41, 5.74) is 0. The maximum absolute atomic E-state index is 11.0. The monoisotopic (exact) mass is 150 g/mol. The van der Waals surface area contributed by atoms with E-state index in [0.29, 0.717) is 0 Å². The molecule has 0 bridgehead atoms. The lowest BCUT2D eigenvalue weighted by Crippen LogP contribution is -2.07. The second-order valence-electron chi connectivity index (χ2n) is 0.669. The van der Waals surface area contributed by atoms with E-state index in [9.17, 15) is 8.22 Å². The van der Waals surface area contributed by atoms with Gasteiger partial charge in [-0.1, -0.05) is 0 Å². The first-order chi connectivity index (χ1) is 2.64. The van der Waals surface area contributed by atoms with Crippen LogP contribution in [0, 0.1) is 0 Å². The molecule has 0 spiro atoms. The molecule has 0 aromatic rings. The first kappa shape index (κ1) is 6.66. The molecular formula is CH2Cl2F2Si. The average molecular weight is 151 g/mol. The molecule has 38 valence electrons. The van der Waals surface area contributed by atoms with E-state index in [4.69, 9.17) is 0 Å². The maximum atomic E-state index is 11.0. The summed E-state index contributed by atoms with van der Waals surface area (Å²) in [7, 11) is -3.71. The Labute approximate surface area is 46.0 Å². The van der Waals surface area contributed by atoms with Gasteiger partial charge in [0.25, 0.3) is 0 Å². The van der Waals surface area contributed by atoms with Crippen molar-refractivity contribution in [3.8, 4) is 0 Å². The van der Waals surface area contributed by atoms with Crippen LogP contribution >= 0.6 is 23.2 Å². The van der Waals surface area contributed by atoms with E-state index in [1.165, 1.54) is 0 Å². The lowest BCUT2D eigenvalue weighted by atomic mass is 11.9. The van der Waals surface area contributed by atoms with E-state index < -0.39 is 13.9 Å². The molecule has 0 nitrogen and oxygen atoms in total. The van der Waals surface area contributed by atoms with Gasteiger partial charge in [-0.15, -0.1) is 23.2 Å². The topological polar surface area (TPSA) is 0 Å². The second kappa shape index (κ2) is 2.77. The highest BCUT2D eigenvalue weighted by molar-refractivity contribution is 6.72. The Bertz CT molecular complexity index is 32.5. The molecule has 0 aromatic heterocycles. The van der Waals surface area contributed by atoms with Gasteiger partial charge >= 0.3 is 9.46 Å². The van der Waals surface area contributed by atoms with Crippen molar-refractivity contribution < 1.29 is 8.22 Å². The zero-order valence-corrected chi connectivity index (χ0v) is 5.33. The molecule has 0 unspecified atom stereocenters. The predicted molar refractivity (Wildman–Crippen MR) is 24.9 cm³/mol. The van der Waals surface area contributed by atoms with Crippen LogP contribution in [-0.4, -0.2) is 13.9 Å². The van der Waals surface area contributed by atoms with E-state index in [2.05, 4.69) is 23.2 Å². The molecule has 0 rings (SSSR count). The molecule has 0 saturated carbocycles. The van der Waals surface area contributed by atoms with Crippen LogP contribution in [0.3, 0.4) is 0 Å². The van der Waals surface area contributed by atoms with Crippen molar-refractivity contribution in [3.63, 3.8) is 0 Å². The molecule has 0 radical (unpaired) electrons. The fourth-order valence-corrected chi connectivity index (χ4v) is 0. The van der Waals surface area contributed by atoms with E-state index >= 15 is 0 Å². The fraction of sp³-hybridized carbons (Fsp3) is 1.00. The summed E-state index contributed by atoms with van der Waals surface area (Å²) >= 11 is 9.38. The van der Waals surface area contributed by atoms with Crippen LogP contribution < -0.4 is 0 Å². The predicted octanol–water partition coefficient (Wildman–Crippen LogP) is 1.49. The Morgan fingerprint density at radius 1 is 1.33 bits per heavy atom. The fourth-order valence-electron chi connectivity index (χ4n) is 0. The number of rotatable bonds is 1. The molecule has 5 heteroatoms. The van der Waals surface area contributed by atoms with Crippen LogP contribution in [0.5, 0.6) is 0 Å². The van der Waals surface area contributed by atoms with Gasteiger partial charge in [0, 0.05) is 0 Å². The summed E-state index contributed by atoms with van der Waals surface area (Å²) in [6.45, 7) is 0. The molecule has 0 aliphatic rings. The highest BCUT2D eigenvalue weighted by Crippen LogP contribution is 2.07. The smallest absolute Gasteiger partial charge is 0.272 e. The standard InChI is InChI=1S/CH2Cl2F2Si/c2-1(3)6(4)5/h1,6H. The largest absolute Gasteiger partial charge is 0.443 e. The first-order valence-corrected chi connectivity index (χ1v) is 3.62. The van der Waals surface area contributed by atoms with Crippen molar-refractivity contribution in [3.05, 3.63) is 0 Å². The molecule has 0 aromatic carbocycles. The van der Waals surface area contributed by atoms with Gasteiger partial charge in [-0.2, -0.15) is 0 Å². The van der Waals surface area contributed by atoms with Crippen molar-refractivity contribution in [2.75, 3.05) is 0 Å². The van der Waals surface area contributed by atoms with Crippen LogP contribution in [0.15, 0.2) is 0 Å². The summed E-state index contributed by atoms with van der Waals surface area (Å²) < 4.78 is 20.7. The molecule has 0 atom stereocenters. The molecular weight excluding hydrogens is 149 g/mol. The summed E-state index contributed by atoms with van der Waals surface area (Å²) in [5.74, 6) is 0. The van der Waals surface area contributed by atoms with E-state index in [0.717, 1.165) is 0 Å². The molecule has 0 saturated heterocycles. The minimum atomic E-state index is -3.71. The van der Waals surface area contributed by atoms with Crippen LogP contribution in [0.2, 0.25) is 0 Å². The van der Waals surface area contributed by atoms with Gasteiger partial charge < -0.3 is 0 Å². The van der Waals surface area contributed by atoms with Gasteiger partial charge in [0.1, 0.15) is 0 Å². The highest BCUT2D eigenvalue weighted by atomic mass is 35.5. The molecule has 0 N–H and O–H groups in total. The second-order valence-corrected chi connectivity index (χ2v) is 4.01. The van der Waals surface area contributed by atoms with Crippen LogP contribution in [0.25, 0.3) is 0 Å². The third kappa shape index (κ3) is 2.87. The normalized spacial score (nSPS) is 11.0. The zero-order chi connectivity index (χ0) is 5.15. The summed E-state index contributed by atoms with van der Waals surface area (Å²) in [6, 6.07) is 0. The SMILES string of the molecule is F[SiH](F)C(Cl)Cl. The number of alkyl halides is 2. The van der Waals surface area contributed by atoms with Crippen molar-refractivity contribution in [2.45, 2.75) is 4.46 Å².